The number of rotatable bonds is 5. The van der Waals surface area contributed by atoms with Gasteiger partial charge in [0, 0.05) is 33.6 Å². The minimum atomic E-state index is -0.208. The van der Waals surface area contributed by atoms with Crippen LogP contribution in [0.4, 0.5) is 0 Å². The number of hydrogen-bond acceptors (Lipinski definition) is 4. The van der Waals surface area contributed by atoms with E-state index in [0.717, 1.165) is 0 Å². The predicted octanol–water partition coefficient (Wildman–Crippen LogP) is 6.03. The van der Waals surface area contributed by atoms with Crippen molar-refractivity contribution in [3.8, 4) is 11.5 Å². The SMILES string of the molecule is CC(N=Cc1cc(Cl)cc(Cl)c1O)C(C)N=Cc1cc(Cl)cc(Cl)c1O. The highest BCUT2D eigenvalue weighted by Gasteiger charge is 2.11. The number of benzene rings is 2. The monoisotopic (exact) mass is 432 g/mol. The van der Waals surface area contributed by atoms with Crippen LogP contribution in [0.5, 0.6) is 11.5 Å². The zero-order valence-electron chi connectivity index (χ0n) is 13.9. The second-order valence-electron chi connectivity index (χ2n) is 5.69. The van der Waals surface area contributed by atoms with Crippen molar-refractivity contribution in [2.45, 2.75) is 25.9 Å². The van der Waals surface area contributed by atoms with Gasteiger partial charge in [0.05, 0.1) is 22.1 Å². The molecule has 0 aromatic heterocycles. The number of aromatic hydroxyl groups is 2. The van der Waals surface area contributed by atoms with Crippen molar-refractivity contribution in [1.29, 1.82) is 0 Å². The van der Waals surface area contributed by atoms with E-state index >= 15 is 0 Å². The van der Waals surface area contributed by atoms with E-state index in [0.29, 0.717) is 21.2 Å². The summed E-state index contributed by atoms with van der Waals surface area (Å²) in [7, 11) is 0. The second-order valence-corrected chi connectivity index (χ2v) is 7.38. The molecule has 0 aliphatic rings. The van der Waals surface area contributed by atoms with Crippen LogP contribution in [-0.2, 0) is 0 Å². The molecule has 0 fully saturated rings. The Morgan fingerprint density at radius 1 is 0.731 bits per heavy atom. The molecule has 2 N–H and O–H groups in total. The summed E-state index contributed by atoms with van der Waals surface area (Å²) in [5, 5.41) is 21.0. The zero-order chi connectivity index (χ0) is 19.4. The summed E-state index contributed by atoms with van der Waals surface area (Å²) < 4.78 is 0. The average Bonchev–Trinajstić information content (AvgIpc) is 2.57. The molecule has 0 heterocycles. The number of halogens is 4. The van der Waals surface area contributed by atoms with Crippen LogP contribution in [0, 0.1) is 0 Å². The van der Waals surface area contributed by atoms with Crippen LogP contribution in [0.3, 0.4) is 0 Å². The summed E-state index contributed by atoms with van der Waals surface area (Å²) in [4.78, 5) is 8.75. The fraction of sp³-hybridized carbons (Fsp3) is 0.222. The Hall–Kier alpha value is -1.46. The molecule has 8 heteroatoms. The molecule has 2 aromatic rings. The van der Waals surface area contributed by atoms with Crippen molar-refractivity contribution in [1.82, 2.24) is 0 Å². The lowest BCUT2D eigenvalue weighted by atomic mass is 10.1. The third-order valence-electron chi connectivity index (χ3n) is 3.71. The molecular weight excluding hydrogens is 418 g/mol. The number of aliphatic imine (C=N–C) groups is 2. The molecule has 26 heavy (non-hydrogen) atoms. The molecule has 0 saturated carbocycles. The van der Waals surface area contributed by atoms with E-state index in [9.17, 15) is 10.2 Å². The van der Waals surface area contributed by atoms with Crippen molar-refractivity contribution >= 4 is 58.8 Å². The Morgan fingerprint density at radius 2 is 1.08 bits per heavy atom. The Labute approximate surface area is 171 Å². The van der Waals surface area contributed by atoms with Crippen LogP contribution < -0.4 is 0 Å². The molecule has 2 unspecified atom stereocenters. The predicted molar refractivity (Wildman–Crippen MR) is 110 cm³/mol. The number of phenolic OH excluding ortho intramolecular Hbond substituents is 2. The lowest BCUT2D eigenvalue weighted by Gasteiger charge is -2.12. The summed E-state index contributed by atoms with van der Waals surface area (Å²) in [5.41, 5.74) is 0.842. The Bertz CT molecular complexity index is 797. The van der Waals surface area contributed by atoms with Gasteiger partial charge in [-0.3, -0.25) is 9.98 Å². The molecule has 0 bridgehead atoms. The van der Waals surface area contributed by atoms with Crippen LogP contribution in [0.25, 0.3) is 0 Å². The number of hydrogen-bond donors (Lipinski definition) is 2. The Kier molecular flexibility index (Phi) is 7.18. The molecule has 0 aliphatic heterocycles. The highest BCUT2D eigenvalue weighted by Crippen LogP contribution is 2.31. The molecular formula is C18H16Cl4N2O2. The van der Waals surface area contributed by atoms with Crippen molar-refractivity contribution in [3.63, 3.8) is 0 Å². The van der Waals surface area contributed by atoms with E-state index in [1.807, 2.05) is 13.8 Å². The molecule has 0 radical (unpaired) electrons. The van der Waals surface area contributed by atoms with Crippen LogP contribution in [0.2, 0.25) is 20.1 Å². The summed E-state index contributed by atoms with van der Waals surface area (Å²) >= 11 is 23.6. The van der Waals surface area contributed by atoms with Crippen molar-refractivity contribution in [3.05, 3.63) is 55.5 Å². The third-order valence-corrected chi connectivity index (χ3v) is 4.72. The highest BCUT2D eigenvalue weighted by molar-refractivity contribution is 6.36. The lowest BCUT2D eigenvalue weighted by molar-refractivity contribution is 0.474. The minimum absolute atomic E-state index is 0.0818. The van der Waals surface area contributed by atoms with E-state index in [1.165, 1.54) is 24.6 Å². The third kappa shape index (κ3) is 5.27. The van der Waals surface area contributed by atoms with E-state index in [1.54, 1.807) is 12.1 Å². The number of nitrogens with zero attached hydrogens (tertiary/aromatic N) is 2. The summed E-state index contributed by atoms with van der Waals surface area (Å²) in [6, 6.07) is 5.63. The molecule has 0 amide bonds. The first-order valence-electron chi connectivity index (χ1n) is 7.61. The van der Waals surface area contributed by atoms with Gasteiger partial charge in [-0.1, -0.05) is 46.4 Å². The first-order valence-corrected chi connectivity index (χ1v) is 9.12. The summed E-state index contributed by atoms with van der Waals surface area (Å²) in [6.45, 7) is 3.74. The van der Waals surface area contributed by atoms with E-state index in [2.05, 4.69) is 9.98 Å². The smallest absolute Gasteiger partial charge is 0.143 e. The maximum Gasteiger partial charge on any atom is 0.143 e. The van der Waals surface area contributed by atoms with Gasteiger partial charge in [-0.25, -0.2) is 0 Å². The average molecular weight is 434 g/mol. The minimum Gasteiger partial charge on any atom is -0.506 e. The van der Waals surface area contributed by atoms with Gasteiger partial charge in [0.25, 0.3) is 0 Å². The van der Waals surface area contributed by atoms with Gasteiger partial charge < -0.3 is 10.2 Å². The Balaban J connectivity index is 2.14. The quantitative estimate of drug-likeness (QED) is 0.565. The van der Waals surface area contributed by atoms with Gasteiger partial charge in [-0.2, -0.15) is 0 Å². The van der Waals surface area contributed by atoms with E-state index in [4.69, 9.17) is 46.4 Å². The van der Waals surface area contributed by atoms with Crippen molar-refractivity contribution in [2.75, 3.05) is 0 Å². The fourth-order valence-electron chi connectivity index (χ4n) is 2.01. The first kappa shape index (κ1) is 20.8. The molecule has 0 spiro atoms. The Morgan fingerprint density at radius 3 is 1.42 bits per heavy atom. The van der Waals surface area contributed by atoms with Gasteiger partial charge in [0.2, 0.25) is 0 Å². The molecule has 2 rings (SSSR count). The van der Waals surface area contributed by atoms with Crippen LogP contribution in [0.15, 0.2) is 34.3 Å². The second kappa shape index (κ2) is 8.96. The van der Waals surface area contributed by atoms with Crippen LogP contribution in [0.1, 0.15) is 25.0 Å². The molecule has 2 aromatic carbocycles. The first-order chi connectivity index (χ1) is 12.2. The van der Waals surface area contributed by atoms with Gasteiger partial charge in [-0.15, -0.1) is 0 Å². The lowest BCUT2D eigenvalue weighted by Crippen LogP contribution is -2.16. The summed E-state index contributed by atoms with van der Waals surface area (Å²) in [6.07, 6.45) is 3.00. The number of phenols is 2. The van der Waals surface area contributed by atoms with Gasteiger partial charge in [0.15, 0.2) is 0 Å². The largest absolute Gasteiger partial charge is 0.506 e. The van der Waals surface area contributed by atoms with Gasteiger partial charge in [-0.05, 0) is 38.1 Å². The topological polar surface area (TPSA) is 65.2 Å². The molecule has 0 saturated heterocycles. The van der Waals surface area contributed by atoms with Gasteiger partial charge in [0.1, 0.15) is 11.5 Å². The standard InChI is InChI=1S/C18H16Cl4N2O2/c1-9(23-7-11-3-13(19)5-15(21)17(11)25)10(2)24-8-12-4-14(20)6-16(22)18(12)26/h3-10,25-26H,1-2H3. The normalized spacial score (nSPS) is 14.2. The van der Waals surface area contributed by atoms with Gasteiger partial charge >= 0.3 is 0 Å². The molecule has 2 atom stereocenters. The fourth-order valence-corrected chi connectivity index (χ4v) is 3.03. The highest BCUT2D eigenvalue weighted by atomic mass is 35.5. The maximum atomic E-state index is 9.94. The van der Waals surface area contributed by atoms with E-state index in [-0.39, 0.29) is 33.6 Å². The van der Waals surface area contributed by atoms with Crippen LogP contribution in [-0.4, -0.2) is 34.7 Å². The molecule has 0 aliphatic carbocycles. The van der Waals surface area contributed by atoms with E-state index < -0.39 is 0 Å². The zero-order valence-corrected chi connectivity index (χ0v) is 16.9. The molecule has 4 nitrogen and oxygen atoms in total. The van der Waals surface area contributed by atoms with Crippen molar-refractivity contribution < 1.29 is 10.2 Å². The van der Waals surface area contributed by atoms with Crippen molar-refractivity contribution in [2.24, 2.45) is 9.98 Å². The molecule has 138 valence electrons. The summed E-state index contributed by atoms with van der Waals surface area (Å²) in [5.74, 6) is -0.164. The maximum absolute atomic E-state index is 9.94. The van der Waals surface area contributed by atoms with Crippen LogP contribution >= 0.6 is 46.4 Å².